The van der Waals surface area contributed by atoms with Crippen LogP contribution in [0, 0.1) is 10.1 Å². The number of azo groups is 1. The highest BCUT2D eigenvalue weighted by Gasteiger charge is 2.12. The van der Waals surface area contributed by atoms with Crippen molar-refractivity contribution >= 4 is 23.0 Å². The van der Waals surface area contributed by atoms with E-state index >= 15 is 0 Å². The van der Waals surface area contributed by atoms with Gasteiger partial charge < -0.3 is 5.32 Å². The number of hydrogen-bond acceptors (Lipinski definition) is 5. The Kier molecular flexibility index (Phi) is 5.30. The van der Waals surface area contributed by atoms with Crippen LogP contribution in [0.25, 0.3) is 0 Å². The number of rotatable bonds is 6. The van der Waals surface area contributed by atoms with Crippen molar-refractivity contribution in [2.75, 3.05) is 11.9 Å². The molecule has 7 heteroatoms. The van der Waals surface area contributed by atoms with Crippen molar-refractivity contribution in [3.05, 3.63) is 76.9 Å². The Hall–Kier alpha value is -3.35. The van der Waals surface area contributed by atoms with Gasteiger partial charge in [0.1, 0.15) is 0 Å². The summed E-state index contributed by atoms with van der Waals surface area (Å²) in [7, 11) is 0. The molecule has 7 nitrogen and oxygen atoms in total. The lowest BCUT2D eigenvalue weighted by Gasteiger charge is -2.05. The predicted octanol–water partition coefficient (Wildman–Crippen LogP) is 3.87. The number of carbonyl (C=O) groups is 1. The van der Waals surface area contributed by atoms with E-state index in [1.54, 1.807) is 36.4 Å². The lowest BCUT2D eigenvalue weighted by molar-refractivity contribution is -0.384. The van der Waals surface area contributed by atoms with E-state index < -0.39 is 4.92 Å². The molecule has 2 rings (SSSR count). The van der Waals surface area contributed by atoms with Gasteiger partial charge in [-0.3, -0.25) is 14.9 Å². The fourth-order valence-corrected chi connectivity index (χ4v) is 1.71. The fraction of sp³-hybridized carbons (Fsp3) is 0.0625. The molecule has 0 fully saturated rings. The molecule has 1 N–H and O–H groups in total. The summed E-state index contributed by atoms with van der Waals surface area (Å²) < 4.78 is 0. The number of amides is 1. The summed E-state index contributed by atoms with van der Waals surface area (Å²) in [5.74, 6) is -0.377. The number of para-hydroxylation sites is 2. The lowest BCUT2D eigenvalue weighted by Crippen LogP contribution is -2.15. The molecule has 0 aliphatic rings. The van der Waals surface area contributed by atoms with Crippen LogP contribution in [0.5, 0.6) is 0 Å². The standard InChI is InChI=1S/C16H14N4O3/c1-12(16(21)18-13-7-3-2-4-8-13)11-17-19-14-9-5-6-10-15(14)20(22)23/h2-10H,1,11H2,(H,18,21). The Morgan fingerprint density at radius 3 is 2.48 bits per heavy atom. The number of anilines is 1. The van der Waals surface area contributed by atoms with Gasteiger partial charge in [0.15, 0.2) is 5.69 Å². The monoisotopic (exact) mass is 310 g/mol. The SMILES string of the molecule is C=C(CN=Nc1ccccc1[N+](=O)[O-])C(=O)Nc1ccccc1. The molecule has 1 amide bonds. The zero-order chi connectivity index (χ0) is 16.7. The molecule has 0 unspecified atom stereocenters. The van der Waals surface area contributed by atoms with Gasteiger partial charge in [-0.05, 0) is 18.2 Å². The van der Waals surface area contributed by atoms with Gasteiger partial charge in [0.2, 0.25) is 0 Å². The maximum atomic E-state index is 11.9. The Bertz CT molecular complexity index is 757. The van der Waals surface area contributed by atoms with Gasteiger partial charge in [0, 0.05) is 17.3 Å². The van der Waals surface area contributed by atoms with E-state index in [1.165, 1.54) is 12.1 Å². The van der Waals surface area contributed by atoms with Crippen molar-refractivity contribution in [2.24, 2.45) is 10.2 Å². The second-order valence-corrected chi connectivity index (χ2v) is 4.57. The van der Waals surface area contributed by atoms with Gasteiger partial charge in [0.05, 0.1) is 11.5 Å². The Balaban J connectivity index is 1.96. The van der Waals surface area contributed by atoms with E-state index in [2.05, 4.69) is 22.1 Å². The molecule has 2 aromatic rings. The van der Waals surface area contributed by atoms with Crippen LogP contribution in [-0.2, 0) is 4.79 Å². The third-order valence-electron chi connectivity index (χ3n) is 2.87. The maximum Gasteiger partial charge on any atom is 0.296 e. The molecule has 0 bridgehead atoms. The molecule has 0 radical (unpaired) electrons. The average molecular weight is 310 g/mol. The van der Waals surface area contributed by atoms with Crippen LogP contribution in [0.4, 0.5) is 17.1 Å². The zero-order valence-corrected chi connectivity index (χ0v) is 12.2. The summed E-state index contributed by atoms with van der Waals surface area (Å²) in [6.07, 6.45) is 0. The van der Waals surface area contributed by atoms with Crippen LogP contribution in [0.2, 0.25) is 0 Å². The molecule has 0 aromatic heterocycles. The number of benzene rings is 2. The average Bonchev–Trinajstić information content (AvgIpc) is 2.56. The molecule has 23 heavy (non-hydrogen) atoms. The highest BCUT2D eigenvalue weighted by atomic mass is 16.6. The normalized spacial score (nSPS) is 10.4. The first-order chi connectivity index (χ1) is 11.1. The molecule has 0 atom stereocenters. The van der Waals surface area contributed by atoms with Crippen LogP contribution in [0.3, 0.4) is 0 Å². The number of hydrogen-bond donors (Lipinski definition) is 1. The minimum absolute atomic E-state index is 0.0509. The van der Waals surface area contributed by atoms with E-state index in [0.717, 1.165) is 0 Å². The number of nitrogens with one attached hydrogen (secondary N) is 1. The Morgan fingerprint density at radius 2 is 1.78 bits per heavy atom. The predicted molar refractivity (Wildman–Crippen MR) is 86.7 cm³/mol. The summed E-state index contributed by atoms with van der Waals surface area (Å²) in [4.78, 5) is 22.2. The van der Waals surface area contributed by atoms with Crippen LogP contribution < -0.4 is 5.32 Å². The minimum atomic E-state index is -0.536. The van der Waals surface area contributed by atoms with Crippen molar-refractivity contribution in [1.29, 1.82) is 0 Å². The van der Waals surface area contributed by atoms with E-state index in [0.29, 0.717) is 5.69 Å². The second-order valence-electron chi connectivity index (χ2n) is 4.57. The summed E-state index contributed by atoms with van der Waals surface area (Å²) in [6.45, 7) is 3.59. The quantitative estimate of drug-likeness (QED) is 0.379. The molecule has 0 aliphatic heterocycles. The fourth-order valence-electron chi connectivity index (χ4n) is 1.71. The highest BCUT2D eigenvalue weighted by Crippen LogP contribution is 2.26. The van der Waals surface area contributed by atoms with E-state index in [4.69, 9.17) is 0 Å². The largest absolute Gasteiger partial charge is 0.322 e. The van der Waals surface area contributed by atoms with Crippen LogP contribution in [0.1, 0.15) is 0 Å². The highest BCUT2D eigenvalue weighted by molar-refractivity contribution is 6.03. The van der Waals surface area contributed by atoms with Gasteiger partial charge in [-0.2, -0.15) is 5.11 Å². The second kappa shape index (κ2) is 7.60. The first-order valence-electron chi connectivity index (χ1n) is 6.73. The third-order valence-corrected chi connectivity index (χ3v) is 2.87. The molecular formula is C16H14N4O3. The Morgan fingerprint density at radius 1 is 1.13 bits per heavy atom. The number of nitro groups is 1. The zero-order valence-electron chi connectivity index (χ0n) is 12.2. The topological polar surface area (TPSA) is 97.0 Å². The van der Waals surface area contributed by atoms with Gasteiger partial charge in [0.25, 0.3) is 11.6 Å². The van der Waals surface area contributed by atoms with E-state index in [9.17, 15) is 14.9 Å². The molecule has 0 saturated carbocycles. The molecule has 0 aliphatic carbocycles. The number of carbonyl (C=O) groups excluding carboxylic acids is 1. The van der Waals surface area contributed by atoms with Gasteiger partial charge in [-0.1, -0.05) is 36.9 Å². The van der Waals surface area contributed by atoms with Crippen molar-refractivity contribution < 1.29 is 9.72 Å². The minimum Gasteiger partial charge on any atom is -0.322 e. The van der Waals surface area contributed by atoms with Crippen molar-refractivity contribution in [2.45, 2.75) is 0 Å². The summed E-state index contributed by atoms with van der Waals surface area (Å²) >= 11 is 0. The van der Waals surface area contributed by atoms with Gasteiger partial charge in [-0.15, -0.1) is 5.11 Å². The molecule has 2 aromatic carbocycles. The van der Waals surface area contributed by atoms with Gasteiger partial charge >= 0.3 is 0 Å². The summed E-state index contributed by atoms with van der Waals surface area (Å²) in [5, 5.41) is 21.1. The third kappa shape index (κ3) is 4.57. The molecule has 116 valence electrons. The molecule has 0 heterocycles. The van der Waals surface area contributed by atoms with Crippen LogP contribution >= 0.6 is 0 Å². The lowest BCUT2D eigenvalue weighted by atomic mass is 10.2. The maximum absolute atomic E-state index is 11.9. The molecule has 0 saturated heterocycles. The molecule has 0 spiro atoms. The number of nitrogens with zero attached hydrogens (tertiary/aromatic N) is 3. The van der Waals surface area contributed by atoms with Crippen LogP contribution in [0.15, 0.2) is 77.0 Å². The van der Waals surface area contributed by atoms with Crippen molar-refractivity contribution in [1.82, 2.24) is 0 Å². The summed E-state index contributed by atoms with van der Waals surface area (Å²) in [6, 6.07) is 14.9. The molecular weight excluding hydrogens is 296 g/mol. The van der Waals surface area contributed by atoms with Crippen molar-refractivity contribution in [3.63, 3.8) is 0 Å². The van der Waals surface area contributed by atoms with Crippen molar-refractivity contribution in [3.8, 4) is 0 Å². The van der Waals surface area contributed by atoms with Gasteiger partial charge in [-0.25, -0.2) is 0 Å². The van der Waals surface area contributed by atoms with E-state index in [-0.39, 0.29) is 29.4 Å². The van der Waals surface area contributed by atoms with Crippen LogP contribution in [-0.4, -0.2) is 17.4 Å². The first-order valence-corrected chi connectivity index (χ1v) is 6.73. The number of nitro benzene ring substituents is 1. The Labute approximate surface area is 132 Å². The first kappa shape index (κ1) is 16.0. The summed E-state index contributed by atoms with van der Waals surface area (Å²) in [5.41, 5.74) is 0.842. The van der Waals surface area contributed by atoms with E-state index in [1.807, 2.05) is 6.07 Å². The smallest absolute Gasteiger partial charge is 0.296 e.